The number of hydrazone groups is 1. The molecule has 160 valence electrons. The molecule has 0 saturated carbocycles. The Morgan fingerprint density at radius 2 is 2.10 bits per heavy atom. The third-order valence-electron chi connectivity index (χ3n) is 4.55. The summed E-state index contributed by atoms with van der Waals surface area (Å²) in [7, 11) is 0. The van der Waals surface area contributed by atoms with E-state index in [1.807, 2.05) is 6.20 Å². The quantitative estimate of drug-likeness (QED) is 0.179. The number of nitrogens with zero attached hydrogens (tertiary/aromatic N) is 7. The van der Waals surface area contributed by atoms with Crippen LogP contribution in [0.5, 0.6) is 0 Å². The first-order valence-electron chi connectivity index (χ1n) is 9.77. The van der Waals surface area contributed by atoms with Gasteiger partial charge in [-0.25, -0.2) is 9.80 Å². The molecular weight excluding hydrogens is 394 g/mol. The van der Waals surface area contributed by atoms with Crippen molar-refractivity contribution in [3.8, 4) is 0 Å². The molecule has 0 bridgehead atoms. The van der Waals surface area contributed by atoms with Gasteiger partial charge in [0, 0.05) is 19.3 Å². The predicted molar refractivity (Wildman–Crippen MR) is 105 cm³/mol. The summed E-state index contributed by atoms with van der Waals surface area (Å²) in [6.07, 6.45) is 7.86. The Morgan fingerprint density at radius 1 is 1.27 bits per heavy atom. The predicted octanol–water partition coefficient (Wildman–Crippen LogP) is 2.20. The fourth-order valence-corrected chi connectivity index (χ4v) is 2.98. The van der Waals surface area contributed by atoms with Gasteiger partial charge in [0.05, 0.1) is 18.0 Å². The largest absolute Gasteiger partial charge is 0.433 e. The number of hydrogen-bond acceptors (Lipinski definition) is 8. The van der Waals surface area contributed by atoms with Crippen LogP contribution in [-0.4, -0.2) is 61.1 Å². The highest BCUT2D eigenvalue weighted by Gasteiger charge is 2.35. The molecule has 1 aliphatic rings. The third-order valence-corrected chi connectivity index (χ3v) is 4.55. The van der Waals surface area contributed by atoms with E-state index in [1.165, 1.54) is 12.1 Å². The maximum absolute atomic E-state index is 12.4. The van der Waals surface area contributed by atoms with Gasteiger partial charge in [-0.2, -0.15) is 5.10 Å². The second-order valence-corrected chi connectivity index (χ2v) is 6.85. The number of imide groups is 1. The van der Waals surface area contributed by atoms with Gasteiger partial charge in [-0.3, -0.25) is 24.5 Å². The van der Waals surface area contributed by atoms with Crippen LogP contribution in [0.4, 0.5) is 10.7 Å². The Morgan fingerprint density at radius 3 is 2.83 bits per heavy atom. The monoisotopic (exact) mass is 417 g/mol. The molecule has 3 rings (SSSR count). The molecule has 1 saturated heterocycles. The van der Waals surface area contributed by atoms with E-state index >= 15 is 0 Å². The zero-order valence-electron chi connectivity index (χ0n) is 16.6. The van der Waals surface area contributed by atoms with Gasteiger partial charge in [0.2, 0.25) is 0 Å². The van der Waals surface area contributed by atoms with Crippen molar-refractivity contribution in [1.29, 1.82) is 0 Å². The SMILES string of the molecule is CCCCCc1cn(CCCN2C(=O)CN(/N=C/c3ccc([N+](=O)[O-])o3)C2=O)nn1. The first-order chi connectivity index (χ1) is 14.5. The number of furan rings is 1. The normalized spacial score (nSPS) is 14.4. The number of aromatic nitrogens is 3. The maximum Gasteiger partial charge on any atom is 0.433 e. The maximum atomic E-state index is 12.4. The lowest BCUT2D eigenvalue weighted by Crippen LogP contribution is -2.32. The van der Waals surface area contributed by atoms with Crippen molar-refractivity contribution in [2.75, 3.05) is 13.1 Å². The molecule has 0 spiro atoms. The van der Waals surface area contributed by atoms with E-state index in [2.05, 4.69) is 22.3 Å². The molecule has 1 aliphatic heterocycles. The number of rotatable bonds is 11. The third kappa shape index (κ3) is 5.27. The summed E-state index contributed by atoms with van der Waals surface area (Å²) in [5.41, 5.74) is 0.940. The van der Waals surface area contributed by atoms with Gasteiger partial charge in [-0.1, -0.05) is 25.0 Å². The second kappa shape index (κ2) is 9.76. The summed E-state index contributed by atoms with van der Waals surface area (Å²) < 4.78 is 6.65. The molecule has 1 fully saturated rings. The Labute approximate surface area is 172 Å². The van der Waals surface area contributed by atoms with Crippen LogP contribution >= 0.6 is 0 Å². The van der Waals surface area contributed by atoms with Crippen LogP contribution in [-0.2, 0) is 17.8 Å². The standard InChI is InChI=1S/C18H23N7O5/c1-2-3-4-6-14-12-22(21-20-14)9-5-10-23-16(26)13-24(18(23)27)19-11-15-7-8-17(30-15)25(28)29/h7-8,11-12H,2-6,9-10,13H2,1H3/b19-11+. The minimum absolute atomic E-state index is 0.112. The molecule has 0 radical (unpaired) electrons. The highest BCUT2D eigenvalue weighted by Crippen LogP contribution is 2.15. The van der Waals surface area contributed by atoms with Crippen molar-refractivity contribution in [2.24, 2.45) is 5.10 Å². The Kier molecular flexibility index (Phi) is 6.88. The Bertz CT molecular complexity index is 935. The topological polar surface area (TPSA) is 140 Å². The minimum Gasteiger partial charge on any atom is -0.400 e. The molecule has 3 amide bonds. The van der Waals surface area contributed by atoms with Crippen LogP contribution in [0.2, 0.25) is 0 Å². The molecule has 30 heavy (non-hydrogen) atoms. The van der Waals surface area contributed by atoms with Gasteiger partial charge in [0.25, 0.3) is 5.91 Å². The summed E-state index contributed by atoms with van der Waals surface area (Å²) in [4.78, 5) is 35.6. The number of nitro groups is 1. The average molecular weight is 417 g/mol. The Balaban J connectivity index is 1.47. The second-order valence-electron chi connectivity index (χ2n) is 6.85. The number of hydrogen-bond donors (Lipinski definition) is 0. The molecule has 2 aromatic heterocycles. The zero-order valence-corrected chi connectivity index (χ0v) is 16.6. The van der Waals surface area contributed by atoms with E-state index in [1.54, 1.807) is 4.68 Å². The number of carbonyl (C=O) groups excluding carboxylic acids is 2. The van der Waals surface area contributed by atoms with Crippen LogP contribution in [0.15, 0.2) is 27.8 Å². The molecule has 0 N–H and O–H groups in total. The van der Waals surface area contributed by atoms with Crippen LogP contribution in [0.25, 0.3) is 0 Å². The zero-order chi connectivity index (χ0) is 21.5. The van der Waals surface area contributed by atoms with Crippen LogP contribution < -0.4 is 0 Å². The van der Waals surface area contributed by atoms with Gasteiger partial charge in [-0.05, 0) is 25.3 Å². The molecule has 12 heteroatoms. The number of unbranched alkanes of at least 4 members (excludes halogenated alkanes) is 2. The van der Waals surface area contributed by atoms with E-state index in [9.17, 15) is 19.7 Å². The van der Waals surface area contributed by atoms with E-state index < -0.39 is 16.8 Å². The van der Waals surface area contributed by atoms with Gasteiger partial charge in [0.1, 0.15) is 11.5 Å². The molecule has 12 nitrogen and oxygen atoms in total. The first kappa shape index (κ1) is 21.1. The fraction of sp³-hybridized carbons (Fsp3) is 0.500. The minimum atomic E-state index is -0.674. The lowest BCUT2D eigenvalue weighted by atomic mass is 10.2. The van der Waals surface area contributed by atoms with Crippen molar-refractivity contribution in [2.45, 2.75) is 45.6 Å². The molecule has 2 aromatic rings. The van der Waals surface area contributed by atoms with Crippen LogP contribution in [0, 0.1) is 10.1 Å². The molecule has 0 atom stereocenters. The molecule has 0 unspecified atom stereocenters. The highest BCUT2D eigenvalue weighted by atomic mass is 16.6. The summed E-state index contributed by atoms with van der Waals surface area (Å²) in [6, 6.07) is 2.00. The fourth-order valence-electron chi connectivity index (χ4n) is 2.98. The van der Waals surface area contributed by atoms with E-state index in [0.717, 1.165) is 47.5 Å². The number of urea groups is 1. The molecule has 0 aromatic carbocycles. The van der Waals surface area contributed by atoms with Crippen LogP contribution in [0.3, 0.4) is 0 Å². The number of aryl methyl sites for hydroxylation is 2. The molecular formula is C18H23N7O5. The van der Waals surface area contributed by atoms with Crippen LogP contribution in [0.1, 0.15) is 44.1 Å². The number of carbonyl (C=O) groups is 2. The van der Waals surface area contributed by atoms with Gasteiger partial charge >= 0.3 is 11.9 Å². The van der Waals surface area contributed by atoms with Crippen molar-refractivity contribution in [1.82, 2.24) is 24.9 Å². The van der Waals surface area contributed by atoms with Gasteiger partial charge in [0.15, 0.2) is 5.76 Å². The van der Waals surface area contributed by atoms with Crippen molar-refractivity contribution < 1.29 is 18.9 Å². The summed E-state index contributed by atoms with van der Waals surface area (Å²) in [6.45, 7) is 2.73. The first-order valence-corrected chi connectivity index (χ1v) is 9.77. The highest BCUT2D eigenvalue weighted by molar-refractivity contribution is 6.02. The van der Waals surface area contributed by atoms with Gasteiger partial charge in [-0.15, -0.1) is 5.10 Å². The van der Waals surface area contributed by atoms with Crippen molar-refractivity contribution in [3.05, 3.63) is 39.9 Å². The van der Waals surface area contributed by atoms with E-state index in [-0.39, 0.29) is 24.8 Å². The van der Waals surface area contributed by atoms with E-state index in [4.69, 9.17) is 4.42 Å². The Hall–Kier alpha value is -3.57. The lowest BCUT2D eigenvalue weighted by molar-refractivity contribution is -0.402. The lowest BCUT2D eigenvalue weighted by Gasteiger charge is -2.13. The molecule has 0 aliphatic carbocycles. The van der Waals surface area contributed by atoms with Crippen molar-refractivity contribution >= 4 is 24.0 Å². The average Bonchev–Trinajstić information content (AvgIpc) is 3.42. The smallest absolute Gasteiger partial charge is 0.400 e. The van der Waals surface area contributed by atoms with Crippen molar-refractivity contribution in [3.63, 3.8) is 0 Å². The number of amides is 3. The summed E-state index contributed by atoms with van der Waals surface area (Å²) in [5.74, 6) is -0.675. The van der Waals surface area contributed by atoms with Gasteiger partial charge < -0.3 is 4.42 Å². The summed E-state index contributed by atoms with van der Waals surface area (Å²) in [5, 5.41) is 23.7. The summed E-state index contributed by atoms with van der Waals surface area (Å²) >= 11 is 0. The van der Waals surface area contributed by atoms with E-state index in [0.29, 0.717) is 13.0 Å². The molecule has 3 heterocycles.